The smallest absolute Gasteiger partial charge is 0.255 e. The Morgan fingerprint density at radius 2 is 2.10 bits per heavy atom. The minimum absolute atomic E-state index is 0.0697. The maximum atomic E-state index is 12.4. The number of aromatic nitrogens is 1. The number of carbonyl (C=O) groups is 1. The van der Waals surface area contributed by atoms with Crippen LogP contribution in [-0.4, -0.2) is 29.4 Å². The van der Waals surface area contributed by atoms with Gasteiger partial charge in [-0.2, -0.15) is 0 Å². The van der Waals surface area contributed by atoms with Gasteiger partial charge in [0.05, 0.1) is 12.7 Å². The molecule has 0 radical (unpaired) electrons. The summed E-state index contributed by atoms with van der Waals surface area (Å²) in [7, 11) is 1.63. The van der Waals surface area contributed by atoms with Crippen molar-refractivity contribution in [2.75, 3.05) is 13.7 Å². The molecule has 5 heteroatoms. The fourth-order valence-electron chi connectivity index (χ4n) is 2.56. The first-order valence-corrected chi connectivity index (χ1v) is 6.81. The van der Waals surface area contributed by atoms with Crippen LogP contribution in [0.4, 0.5) is 0 Å². The van der Waals surface area contributed by atoms with Crippen molar-refractivity contribution < 1.29 is 9.53 Å². The first-order chi connectivity index (χ1) is 10.2. The summed E-state index contributed by atoms with van der Waals surface area (Å²) >= 11 is 0. The van der Waals surface area contributed by atoms with Gasteiger partial charge in [0.2, 0.25) is 5.56 Å². The van der Waals surface area contributed by atoms with Gasteiger partial charge in [0.15, 0.2) is 0 Å². The number of fused-ring (bicyclic) bond motifs is 1. The monoisotopic (exact) mass is 284 g/mol. The number of hydrogen-bond acceptors (Lipinski definition) is 3. The van der Waals surface area contributed by atoms with Crippen LogP contribution >= 0.6 is 0 Å². The number of amides is 1. The minimum Gasteiger partial charge on any atom is -0.497 e. The summed E-state index contributed by atoms with van der Waals surface area (Å²) in [4.78, 5) is 27.8. The maximum absolute atomic E-state index is 12.4. The van der Waals surface area contributed by atoms with Gasteiger partial charge in [0, 0.05) is 25.4 Å². The molecule has 1 amide bonds. The number of methoxy groups -OCH3 is 1. The van der Waals surface area contributed by atoms with Crippen molar-refractivity contribution >= 4 is 5.91 Å². The normalized spacial score (nSPS) is 13.7. The number of ether oxygens (including phenoxy) is 1. The quantitative estimate of drug-likeness (QED) is 0.910. The molecule has 21 heavy (non-hydrogen) atoms. The molecule has 1 aromatic heterocycles. The van der Waals surface area contributed by atoms with Crippen LogP contribution in [0, 0.1) is 0 Å². The van der Waals surface area contributed by atoms with E-state index in [0.29, 0.717) is 18.7 Å². The Balaban J connectivity index is 1.83. The van der Waals surface area contributed by atoms with Crippen LogP contribution in [0.15, 0.2) is 41.3 Å². The van der Waals surface area contributed by atoms with Crippen LogP contribution in [0.25, 0.3) is 0 Å². The molecule has 1 aliphatic rings. The largest absolute Gasteiger partial charge is 0.497 e. The molecule has 0 saturated carbocycles. The highest BCUT2D eigenvalue weighted by Crippen LogP contribution is 2.24. The van der Waals surface area contributed by atoms with E-state index in [1.807, 2.05) is 12.1 Å². The van der Waals surface area contributed by atoms with E-state index in [-0.39, 0.29) is 11.5 Å². The Morgan fingerprint density at radius 1 is 1.24 bits per heavy atom. The molecular weight excluding hydrogens is 268 g/mol. The van der Waals surface area contributed by atoms with Gasteiger partial charge in [-0.25, -0.2) is 0 Å². The van der Waals surface area contributed by atoms with Gasteiger partial charge in [-0.05, 0) is 35.7 Å². The van der Waals surface area contributed by atoms with E-state index in [0.717, 1.165) is 17.7 Å². The zero-order valence-electron chi connectivity index (χ0n) is 11.8. The van der Waals surface area contributed by atoms with E-state index in [9.17, 15) is 9.59 Å². The third-order valence-electron chi connectivity index (χ3n) is 3.74. The summed E-state index contributed by atoms with van der Waals surface area (Å²) in [6.07, 6.45) is 2.29. The second-order valence-corrected chi connectivity index (χ2v) is 5.05. The molecule has 0 atom stereocenters. The number of nitrogens with one attached hydrogen (secondary N) is 1. The van der Waals surface area contributed by atoms with Gasteiger partial charge in [-0.1, -0.05) is 6.07 Å². The highest BCUT2D eigenvalue weighted by Gasteiger charge is 2.22. The highest BCUT2D eigenvalue weighted by molar-refractivity contribution is 5.94. The van der Waals surface area contributed by atoms with E-state index in [1.165, 1.54) is 17.8 Å². The van der Waals surface area contributed by atoms with Gasteiger partial charge in [0.1, 0.15) is 5.75 Å². The molecule has 0 unspecified atom stereocenters. The maximum Gasteiger partial charge on any atom is 0.255 e. The Kier molecular flexibility index (Phi) is 3.48. The van der Waals surface area contributed by atoms with E-state index in [1.54, 1.807) is 18.1 Å². The second kappa shape index (κ2) is 5.44. The van der Waals surface area contributed by atoms with Crippen molar-refractivity contribution in [2.45, 2.75) is 13.0 Å². The van der Waals surface area contributed by atoms with Gasteiger partial charge in [-0.3, -0.25) is 9.59 Å². The van der Waals surface area contributed by atoms with Crippen LogP contribution in [-0.2, 0) is 13.0 Å². The van der Waals surface area contributed by atoms with Crippen LogP contribution in [0.5, 0.6) is 5.75 Å². The molecule has 0 bridgehead atoms. The van der Waals surface area contributed by atoms with Gasteiger partial charge < -0.3 is 14.6 Å². The topological polar surface area (TPSA) is 62.4 Å². The summed E-state index contributed by atoms with van der Waals surface area (Å²) in [5.41, 5.74) is 2.65. The standard InChI is InChI=1S/C16H16N2O3/c1-21-14-4-2-11-6-7-18(10-13(11)8-14)16(20)12-3-5-15(19)17-9-12/h2-5,8-9H,6-7,10H2,1H3,(H,17,19). The van der Waals surface area contributed by atoms with Crippen LogP contribution in [0.3, 0.4) is 0 Å². The lowest BCUT2D eigenvalue weighted by Crippen LogP contribution is -2.36. The molecule has 1 aliphatic heterocycles. The predicted octanol–water partition coefficient (Wildman–Crippen LogP) is 1.58. The molecular formula is C16H16N2O3. The van der Waals surface area contributed by atoms with Crippen LogP contribution in [0.1, 0.15) is 21.5 Å². The lowest BCUT2D eigenvalue weighted by molar-refractivity contribution is 0.0734. The zero-order valence-corrected chi connectivity index (χ0v) is 11.8. The molecule has 1 aromatic carbocycles. The number of aromatic amines is 1. The summed E-state index contributed by atoms with van der Waals surface area (Å²) in [5, 5.41) is 0. The second-order valence-electron chi connectivity index (χ2n) is 5.05. The number of rotatable bonds is 2. The van der Waals surface area contributed by atoms with Crippen LogP contribution < -0.4 is 10.3 Å². The minimum atomic E-state index is -0.208. The van der Waals surface area contributed by atoms with Crippen LogP contribution in [0.2, 0.25) is 0 Å². The third kappa shape index (κ3) is 2.67. The molecule has 5 nitrogen and oxygen atoms in total. The Bertz CT molecular complexity index is 716. The average molecular weight is 284 g/mol. The number of carbonyl (C=O) groups excluding carboxylic acids is 1. The van der Waals surface area contributed by atoms with Gasteiger partial charge in [0.25, 0.3) is 5.91 Å². The van der Waals surface area contributed by atoms with Crippen molar-refractivity contribution in [1.29, 1.82) is 0 Å². The number of nitrogens with zero attached hydrogens (tertiary/aromatic N) is 1. The molecule has 108 valence electrons. The van der Waals surface area contributed by atoms with Gasteiger partial charge in [-0.15, -0.1) is 0 Å². The summed E-state index contributed by atoms with van der Waals surface area (Å²) < 4.78 is 5.23. The van der Waals surface area contributed by atoms with Gasteiger partial charge >= 0.3 is 0 Å². The van der Waals surface area contributed by atoms with E-state index >= 15 is 0 Å². The number of pyridine rings is 1. The summed E-state index contributed by atoms with van der Waals surface area (Å²) in [6, 6.07) is 8.90. The number of hydrogen-bond donors (Lipinski definition) is 1. The van der Waals surface area contributed by atoms with Crippen molar-refractivity contribution in [2.24, 2.45) is 0 Å². The number of benzene rings is 1. The van der Waals surface area contributed by atoms with E-state index < -0.39 is 0 Å². The van der Waals surface area contributed by atoms with Crippen molar-refractivity contribution in [1.82, 2.24) is 9.88 Å². The van der Waals surface area contributed by atoms with Crippen molar-refractivity contribution in [3.05, 3.63) is 63.6 Å². The molecule has 2 heterocycles. The predicted molar refractivity (Wildman–Crippen MR) is 78.5 cm³/mol. The summed E-state index contributed by atoms with van der Waals surface area (Å²) in [5.74, 6) is 0.729. The van der Waals surface area contributed by atoms with E-state index in [2.05, 4.69) is 11.1 Å². The third-order valence-corrected chi connectivity index (χ3v) is 3.74. The fourth-order valence-corrected chi connectivity index (χ4v) is 2.56. The zero-order chi connectivity index (χ0) is 14.8. The number of H-pyrrole nitrogens is 1. The lowest BCUT2D eigenvalue weighted by Gasteiger charge is -2.29. The molecule has 0 spiro atoms. The highest BCUT2D eigenvalue weighted by atomic mass is 16.5. The van der Waals surface area contributed by atoms with E-state index in [4.69, 9.17) is 4.74 Å². The first kappa shape index (κ1) is 13.4. The lowest BCUT2D eigenvalue weighted by atomic mass is 9.99. The Hall–Kier alpha value is -2.56. The van der Waals surface area contributed by atoms with Crippen molar-refractivity contribution in [3.8, 4) is 5.75 Å². The summed E-state index contributed by atoms with van der Waals surface area (Å²) in [6.45, 7) is 1.24. The fraction of sp³-hybridized carbons (Fsp3) is 0.250. The molecule has 0 saturated heterocycles. The van der Waals surface area contributed by atoms with Crippen molar-refractivity contribution in [3.63, 3.8) is 0 Å². The molecule has 0 fully saturated rings. The SMILES string of the molecule is COc1ccc2c(c1)CN(C(=O)c1ccc(=O)[nH]c1)CC2. The Morgan fingerprint density at radius 3 is 2.81 bits per heavy atom. The molecule has 0 aliphatic carbocycles. The average Bonchev–Trinajstić information content (AvgIpc) is 2.53. The molecule has 2 aromatic rings. The Labute approximate surface area is 122 Å². The first-order valence-electron chi connectivity index (χ1n) is 6.81. The molecule has 3 rings (SSSR count). The molecule has 1 N–H and O–H groups in total.